The molecule has 0 aliphatic heterocycles. The van der Waals surface area contributed by atoms with E-state index in [4.69, 9.17) is 9.52 Å². The molecule has 0 saturated heterocycles. The van der Waals surface area contributed by atoms with Gasteiger partial charge in [0.2, 0.25) is 0 Å². The molecule has 0 aromatic carbocycles. The number of thiazole rings is 1. The number of rotatable bonds is 3. The van der Waals surface area contributed by atoms with Gasteiger partial charge >= 0.3 is 5.97 Å². The second-order valence-corrected chi connectivity index (χ2v) is 5.29. The van der Waals surface area contributed by atoms with Gasteiger partial charge < -0.3 is 9.52 Å². The minimum atomic E-state index is -0.918. The van der Waals surface area contributed by atoms with Crippen LogP contribution in [0.2, 0.25) is 0 Å². The fourth-order valence-electron chi connectivity index (χ4n) is 1.48. The number of hydrogen-bond donors (Lipinski definition) is 1. The molecule has 3 aromatic rings. The largest absolute Gasteiger partial charge is 0.478 e. The highest BCUT2D eigenvalue weighted by Gasteiger charge is 2.12. The van der Waals surface area contributed by atoms with Crippen molar-refractivity contribution >= 4 is 28.6 Å². The van der Waals surface area contributed by atoms with E-state index in [0.717, 1.165) is 21.3 Å². The van der Waals surface area contributed by atoms with Crippen LogP contribution in [-0.2, 0) is 0 Å². The molecule has 1 N–H and O–H groups in total. The van der Waals surface area contributed by atoms with Gasteiger partial charge in [-0.15, -0.1) is 22.7 Å². The normalized spacial score (nSPS) is 10.7. The van der Waals surface area contributed by atoms with E-state index in [-0.39, 0.29) is 0 Å². The molecule has 0 spiro atoms. The van der Waals surface area contributed by atoms with Gasteiger partial charge in [0.15, 0.2) is 10.8 Å². The van der Waals surface area contributed by atoms with Gasteiger partial charge in [-0.1, -0.05) is 0 Å². The smallest absolute Gasteiger partial charge is 0.336 e. The summed E-state index contributed by atoms with van der Waals surface area (Å²) in [6.07, 6.45) is 1.60. The Morgan fingerprint density at radius 2 is 2.22 bits per heavy atom. The zero-order valence-electron chi connectivity index (χ0n) is 8.99. The van der Waals surface area contributed by atoms with E-state index in [1.54, 1.807) is 17.7 Å². The number of carboxylic acids is 1. The molecule has 3 heterocycles. The maximum atomic E-state index is 10.8. The average Bonchev–Trinajstić information content (AvgIpc) is 3.10. The van der Waals surface area contributed by atoms with E-state index in [2.05, 4.69) is 4.98 Å². The molecule has 0 atom stereocenters. The van der Waals surface area contributed by atoms with Crippen molar-refractivity contribution in [2.45, 2.75) is 0 Å². The standard InChI is InChI=1S/C12H7NO3S2/c14-12(15)7-4-10(17-5-7)8-6-18-11(13-8)9-2-1-3-16-9/h1-6H,(H,14,15). The molecular formula is C12H7NO3S2. The van der Waals surface area contributed by atoms with E-state index in [1.807, 2.05) is 17.5 Å². The number of thiophene rings is 1. The molecule has 3 rings (SSSR count). The van der Waals surface area contributed by atoms with E-state index in [0.29, 0.717) is 5.56 Å². The molecule has 6 heteroatoms. The highest BCUT2D eigenvalue weighted by molar-refractivity contribution is 7.15. The first-order valence-electron chi connectivity index (χ1n) is 5.05. The van der Waals surface area contributed by atoms with Crippen molar-refractivity contribution in [2.24, 2.45) is 0 Å². The van der Waals surface area contributed by atoms with E-state index in [9.17, 15) is 4.79 Å². The lowest BCUT2D eigenvalue weighted by Gasteiger charge is -1.89. The predicted octanol–water partition coefficient (Wildman–Crippen LogP) is 3.83. The van der Waals surface area contributed by atoms with Gasteiger partial charge in [0.25, 0.3) is 0 Å². The first-order valence-corrected chi connectivity index (χ1v) is 6.81. The Balaban J connectivity index is 1.95. The number of aromatic carboxylic acids is 1. The molecule has 0 radical (unpaired) electrons. The van der Waals surface area contributed by atoms with E-state index >= 15 is 0 Å². The van der Waals surface area contributed by atoms with Crippen LogP contribution in [-0.4, -0.2) is 16.1 Å². The quantitative estimate of drug-likeness (QED) is 0.790. The molecular weight excluding hydrogens is 270 g/mol. The van der Waals surface area contributed by atoms with Gasteiger partial charge in [0.1, 0.15) is 0 Å². The maximum Gasteiger partial charge on any atom is 0.336 e. The molecule has 90 valence electrons. The van der Waals surface area contributed by atoms with E-state index in [1.165, 1.54) is 22.7 Å². The van der Waals surface area contributed by atoms with Crippen molar-refractivity contribution in [1.82, 2.24) is 4.98 Å². The van der Waals surface area contributed by atoms with Crippen molar-refractivity contribution in [2.75, 3.05) is 0 Å². The Kier molecular flexibility index (Phi) is 2.73. The Hall–Kier alpha value is -1.92. The van der Waals surface area contributed by atoms with Crippen LogP contribution in [0.3, 0.4) is 0 Å². The molecule has 18 heavy (non-hydrogen) atoms. The van der Waals surface area contributed by atoms with Gasteiger partial charge in [-0.3, -0.25) is 0 Å². The number of carbonyl (C=O) groups is 1. The number of furan rings is 1. The summed E-state index contributed by atoms with van der Waals surface area (Å²) >= 11 is 2.85. The lowest BCUT2D eigenvalue weighted by atomic mass is 10.3. The van der Waals surface area contributed by atoms with Crippen LogP contribution in [0.15, 0.2) is 39.6 Å². The van der Waals surface area contributed by atoms with Crippen molar-refractivity contribution in [1.29, 1.82) is 0 Å². The first kappa shape index (κ1) is 11.2. The summed E-state index contributed by atoms with van der Waals surface area (Å²) in [6.45, 7) is 0. The Morgan fingerprint density at radius 3 is 2.89 bits per heavy atom. The molecule has 0 aliphatic carbocycles. The topological polar surface area (TPSA) is 63.3 Å². The molecule has 3 aromatic heterocycles. The molecule has 0 saturated carbocycles. The summed E-state index contributed by atoms with van der Waals surface area (Å²) in [5.74, 6) is -0.194. The van der Waals surface area contributed by atoms with Crippen LogP contribution >= 0.6 is 22.7 Å². The molecule has 0 bridgehead atoms. The Bertz CT molecular complexity index is 682. The number of aromatic nitrogens is 1. The van der Waals surface area contributed by atoms with Crippen molar-refractivity contribution < 1.29 is 14.3 Å². The average molecular weight is 277 g/mol. The minimum absolute atomic E-state index is 0.294. The number of hydrogen-bond acceptors (Lipinski definition) is 5. The fourth-order valence-corrected chi connectivity index (χ4v) is 3.19. The Morgan fingerprint density at radius 1 is 1.33 bits per heavy atom. The van der Waals surface area contributed by atoms with Crippen LogP contribution in [0.1, 0.15) is 10.4 Å². The lowest BCUT2D eigenvalue weighted by Crippen LogP contribution is -1.91. The maximum absolute atomic E-state index is 10.8. The molecule has 0 aliphatic rings. The van der Waals surface area contributed by atoms with Gasteiger partial charge in [0.05, 0.1) is 22.4 Å². The number of nitrogens with zero attached hydrogens (tertiary/aromatic N) is 1. The van der Waals surface area contributed by atoms with Gasteiger partial charge in [-0.2, -0.15) is 0 Å². The lowest BCUT2D eigenvalue weighted by molar-refractivity contribution is 0.0697. The van der Waals surface area contributed by atoms with Crippen molar-refractivity contribution in [3.63, 3.8) is 0 Å². The van der Waals surface area contributed by atoms with Crippen LogP contribution in [0.5, 0.6) is 0 Å². The monoisotopic (exact) mass is 277 g/mol. The zero-order valence-corrected chi connectivity index (χ0v) is 10.6. The summed E-state index contributed by atoms with van der Waals surface area (Å²) < 4.78 is 5.27. The fraction of sp³-hybridized carbons (Fsp3) is 0. The third-order valence-electron chi connectivity index (χ3n) is 2.34. The predicted molar refractivity (Wildman–Crippen MR) is 70.1 cm³/mol. The molecule has 0 fully saturated rings. The second-order valence-electron chi connectivity index (χ2n) is 3.52. The first-order chi connectivity index (χ1) is 8.74. The van der Waals surface area contributed by atoms with Crippen molar-refractivity contribution in [3.8, 4) is 21.3 Å². The summed E-state index contributed by atoms with van der Waals surface area (Å²) in [7, 11) is 0. The SMILES string of the molecule is O=C(O)c1csc(-c2csc(-c3ccco3)n2)c1. The third kappa shape index (κ3) is 1.96. The van der Waals surface area contributed by atoms with Gasteiger partial charge in [-0.05, 0) is 18.2 Å². The highest BCUT2D eigenvalue weighted by Crippen LogP contribution is 2.32. The summed E-state index contributed by atoms with van der Waals surface area (Å²) in [4.78, 5) is 16.1. The van der Waals surface area contributed by atoms with Gasteiger partial charge in [-0.25, -0.2) is 9.78 Å². The van der Waals surface area contributed by atoms with Crippen LogP contribution in [0.25, 0.3) is 21.3 Å². The highest BCUT2D eigenvalue weighted by atomic mass is 32.1. The summed E-state index contributed by atoms with van der Waals surface area (Å²) in [6, 6.07) is 5.29. The number of carboxylic acid groups (broad SMARTS) is 1. The minimum Gasteiger partial charge on any atom is -0.478 e. The van der Waals surface area contributed by atoms with Crippen LogP contribution < -0.4 is 0 Å². The summed E-state index contributed by atoms with van der Waals surface area (Å²) in [5.41, 5.74) is 1.08. The second kappa shape index (κ2) is 4.40. The van der Waals surface area contributed by atoms with Crippen LogP contribution in [0.4, 0.5) is 0 Å². The van der Waals surface area contributed by atoms with E-state index < -0.39 is 5.97 Å². The van der Waals surface area contributed by atoms with Gasteiger partial charge in [0, 0.05) is 10.8 Å². The third-order valence-corrected chi connectivity index (χ3v) is 4.14. The Labute approximate surface area is 110 Å². The zero-order chi connectivity index (χ0) is 12.5. The molecule has 0 unspecified atom stereocenters. The molecule has 4 nitrogen and oxygen atoms in total. The van der Waals surface area contributed by atoms with Crippen molar-refractivity contribution in [3.05, 3.63) is 40.8 Å². The molecule has 0 amide bonds. The summed E-state index contributed by atoms with van der Waals surface area (Å²) in [5, 5.41) is 13.2. The van der Waals surface area contributed by atoms with Crippen LogP contribution in [0, 0.1) is 0 Å².